The zero-order chi connectivity index (χ0) is 26.7. The Hall–Kier alpha value is -1.63. The molecule has 3 heterocycles. The summed E-state index contributed by atoms with van der Waals surface area (Å²) in [5.74, 6) is 0. The van der Waals surface area contributed by atoms with Gasteiger partial charge in [0, 0.05) is 20.4 Å². The fraction of sp³-hybridized carbons (Fsp3) is 0.517. The van der Waals surface area contributed by atoms with Gasteiger partial charge in [0.25, 0.3) is 0 Å². The summed E-state index contributed by atoms with van der Waals surface area (Å²) >= 11 is 1.80. The molecule has 0 N–H and O–H groups in total. The van der Waals surface area contributed by atoms with Crippen molar-refractivity contribution in [2.45, 2.75) is 98.6 Å². The second kappa shape index (κ2) is 9.28. The molecule has 1 aromatic heterocycles. The SMILES string of the molecule is CC.Cc1cc2c(-c3ccc(B4OC(C)(C)C(C)(C)O4)cc3)ccc(B3OC(C)(C)C(C)(C)O3)c2s1. The molecule has 4 nitrogen and oxygen atoms in total. The Kier molecular flexibility index (Phi) is 7.07. The van der Waals surface area contributed by atoms with Crippen LogP contribution in [0.1, 0.15) is 74.1 Å². The van der Waals surface area contributed by atoms with Crippen molar-refractivity contribution in [2.75, 3.05) is 0 Å². The van der Waals surface area contributed by atoms with Gasteiger partial charge < -0.3 is 18.6 Å². The summed E-state index contributed by atoms with van der Waals surface area (Å²) in [6.45, 7) is 22.9. The van der Waals surface area contributed by atoms with Crippen molar-refractivity contribution < 1.29 is 18.6 Å². The predicted octanol–water partition coefficient (Wildman–Crippen LogP) is 6.50. The fourth-order valence-corrected chi connectivity index (χ4v) is 5.53. The average molecular weight is 506 g/mol. The minimum atomic E-state index is -0.370. The highest BCUT2D eigenvalue weighted by molar-refractivity contribution is 7.20. The second-order valence-electron chi connectivity index (χ2n) is 11.6. The summed E-state index contributed by atoms with van der Waals surface area (Å²) in [5.41, 5.74) is 3.10. The molecule has 3 aromatic rings. The number of benzene rings is 2. The smallest absolute Gasteiger partial charge is 0.399 e. The van der Waals surface area contributed by atoms with Gasteiger partial charge in [-0.15, -0.1) is 11.3 Å². The van der Waals surface area contributed by atoms with Crippen LogP contribution in [0.5, 0.6) is 0 Å². The number of aryl methyl sites for hydroxylation is 1. The molecule has 0 saturated carbocycles. The van der Waals surface area contributed by atoms with Crippen molar-refractivity contribution in [1.29, 1.82) is 0 Å². The van der Waals surface area contributed by atoms with E-state index in [9.17, 15) is 0 Å². The molecule has 0 atom stereocenters. The molecule has 2 fully saturated rings. The lowest BCUT2D eigenvalue weighted by molar-refractivity contribution is 0.00578. The number of fused-ring (bicyclic) bond motifs is 1. The summed E-state index contributed by atoms with van der Waals surface area (Å²) in [5, 5.41) is 1.23. The summed E-state index contributed by atoms with van der Waals surface area (Å²) in [7, 11) is -0.724. The fourth-order valence-electron chi connectivity index (χ4n) is 4.47. The highest BCUT2D eigenvalue weighted by atomic mass is 32.1. The molecule has 0 unspecified atom stereocenters. The zero-order valence-electron chi connectivity index (χ0n) is 23.7. The Morgan fingerprint density at radius 2 is 1.11 bits per heavy atom. The number of hydrogen-bond donors (Lipinski definition) is 0. The molecule has 192 valence electrons. The van der Waals surface area contributed by atoms with E-state index in [4.69, 9.17) is 18.6 Å². The van der Waals surface area contributed by atoms with Gasteiger partial charge in [-0.3, -0.25) is 0 Å². The molecular weight excluding hydrogens is 466 g/mol. The van der Waals surface area contributed by atoms with E-state index >= 15 is 0 Å². The van der Waals surface area contributed by atoms with Gasteiger partial charge in [0.1, 0.15) is 0 Å². The normalized spacial score (nSPS) is 21.5. The highest BCUT2D eigenvalue weighted by Crippen LogP contribution is 2.40. The molecule has 7 heteroatoms. The topological polar surface area (TPSA) is 36.9 Å². The molecule has 0 amide bonds. The molecule has 2 aliphatic rings. The number of hydrogen-bond acceptors (Lipinski definition) is 5. The Balaban J connectivity index is 0.00000148. The van der Waals surface area contributed by atoms with E-state index in [1.807, 2.05) is 13.8 Å². The third-order valence-electron chi connectivity index (χ3n) is 8.09. The first-order valence-corrected chi connectivity index (χ1v) is 13.9. The van der Waals surface area contributed by atoms with Gasteiger partial charge in [-0.25, -0.2) is 0 Å². The van der Waals surface area contributed by atoms with E-state index in [2.05, 4.69) is 105 Å². The molecule has 2 aliphatic heterocycles. The predicted molar refractivity (Wildman–Crippen MR) is 155 cm³/mol. The largest absolute Gasteiger partial charge is 0.496 e. The summed E-state index contributed by atoms with van der Waals surface area (Å²) in [6, 6.07) is 15.2. The van der Waals surface area contributed by atoms with Gasteiger partial charge in [0.2, 0.25) is 0 Å². The van der Waals surface area contributed by atoms with E-state index in [1.165, 1.54) is 26.1 Å². The Bertz CT molecular complexity index is 1210. The Morgan fingerprint density at radius 3 is 1.61 bits per heavy atom. The van der Waals surface area contributed by atoms with Gasteiger partial charge in [0.05, 0.1) is 22.4 Å². The standard InChI is InChI=1S/C27H34B2O4S.C2H6/c1-17-16-21-20(14-15-22(23(21)34-17)29-32-26(6,7)27(8,9)33-29)18-10-12-19(13-11-18)28-30-24(2,3)25(4,5)31-28;1-2/h10-16H,1-9H3;1-2H3. The van der Waals surface area contributed by atoms with Crippen LogP contribution in [0, 0.1) is 6.92 Å². The maximum atomic E-state index is 6.38. The van der Waals surface area contributed by atoms with Crippen LogP contribution in [0.2, 0.25) is 0 Å². The van der Waals surface area contributed by atoms with E-state index in [0.29, 0.717) is 0 Å². The van der Waals surface area contributed by atoms with Crippen molar-refractivity contribution in [2.24, 2.45) is 0 Å². The molecule has 2 saturated heterocycles. The van der Waals surface area contributed by atoms with Gasteiger partial charge in [-0.2, -0.15) is 0 Å². The van der Waals surface area contributed by atoms with E-state index < -0.39 is 0 Å². The molecule has 5 rings (SSSR count). The first kappa shape index (κ1) is 27.4. The molecule has 2 aromatic carbocycles. The zero-order valence-corrected chi connectivity index (χ0v) is 24.6. The maximum Gasteiger partial charge on any atom is 0.496 e. The van der Waals surface area contributed by atoms with Crippen LogP contribution in [0.4, 0.5) is 0 Å². The molecule has 0 aliphatic carbocycles. The van der Waals surface area contributed by atoms with Gasteiger partial charge in [0.15, 0.2) is 0 Å². The van der Waals surface area contributed by atoms with E-state index in [-0.39, 0.29) is 36.6 Å². The summed E-state index contributed by atoms with van der Waals surface area (Å²) < 4.78 is 26.4. The first-order valence-electron chi connectivity index (χ1n) is 13.1. The van der Waals surface area contributed by atoms with Crippen LogP contribution in [0.3, 0.4) is 0 Å². The lowest BCUT2D eigenvalue weighted by atomic mass is 9.76. The maximum absolute atomic E-state index is 6.38. The Labute approximate surface area is 222 Å². The van der Waals surface area contributed by atoms with Crippen molar-refractivity contribution in [3.8, 4) is 11.1 Å². The lowest BCUT2D eigenvalue weighted by Gasteiger charge is -2.32. The molecule has 36 heavy (non-hydrogen) atoms. The van der Waals surface area contributed by atoms with Crippen molar-refractivity contribution in [3.05, 3.63) is 47.3 Å². The van der Waals surface area contributed by atoms with Crippen molar-refractivity contribution in [3.63, 3.8) is 0 Å². The third-order valence-corrected chi connectivity index (χ3v) is 9.19. The van der Waals surface area contributed by atoms with Gasteiger partial charge >= 0.3 is 14.2 Å². The van der Waals surface area contributed by atoms with Crippen molar-refractivity contribution >= 4 is 46.6 Å². The van der Waals surface area contributed by atoms with Crippen LogP contribution >= 0.6 is 11.3 Å². The minimum Gasteiger partial charge on any atom is -0.399 e. The summed E-state index contributed by atoms with van der Waals surface area (Å²) in [6.07, 6.45) is 0. The lowest BCUT2D eigenvalue weighted by Crippen LogP contribution is -2.41. The minimum absolute atomic E-state index is 0.347. The highest BCUT2D eigenvalue weighted by Gasteiger charge is 2.53. The Morgan fingerprint density at radius 1 is 0.639 bits per heavy atom. The third kappa shape index (κ3) is 4.58. The van der Waals surface area contributed by atoms with Crippen LogP contribution in [0.25, 0.3) is 21.2 Å². The molecule has 0 radical (unpaired) electrons. The van der Waals surface area contributed by atoms with E-state index in [0.717, 1.165) is 10.9 Å². The quantitative estimate of drug-likeness (QED) is 0.380. The first-order chi connectivity index (χ1) is 16.7. The van der Waals surface area contributed by atoms with Crippen LogP contribution in [-0.2, 0) is 18.6 Å². The number of thiophene rings is 1. The molecule has 0 spiro atoms. The van der Waals surface area contributed by atoms with E-state index in [1.54, 1.807) is 11.3 Å². The molecule has 0 bridgehead atoms. The van der Waals surface area contributed by atoms with Crippen LogP contribution < -0.4 is 10.9 Å². The van der Waals surface area contributed by atoms with Crippen molar-refractivity contribution in [1.82, 2.24) is 0 Å². The monoisotopic (exact) mass is 506 g/mol. The average Bonchev–Trinajstić information content (AvgIpc) is 3.36. The molecular formula is C29H40B2O4S. The van der Waals surface area contributed by atoms with Gasteiger partial charge in [-0.1, -0.05) is 50.2 Å². The summed E-state index contributed by atoms with van der Waals surface area (Å²) in [4.78, 5) is 1.27. The van der Waals surface area contributed by atoms with Crippen LogP contribution in [0.15, 0.2) is 42.5 Å². The second-order valence-corrected chi connectivity index (χ2v) is 12.9. The van der Waals surface area contributed by atoms with Crippen LogP contribution in [-0.4, -0.2) is 36.6 Å². The number of rotatable bonds is 3. The van der Waals surface area contributed by atoms with Gasteiger partial charge in [-0.05, 0) is 85.0 Å².